The number of hydrogen-bond donors (Lipinski definition) is 0. The predicted molar refractivity (Wildman–Crippen MR) is 152 cm³/mol. The predicted octanol–water partition coefficient (Wildman–Crippen LogP) is 5.88. The van der Waals surface area contributed by atoms with Crippen molar-refractivity contribution in [2.75, 3.05) is 0 Å². The summed E-state index contributed by atoms with van der Waals surface area (Å²) in [5.74, 6) is 0.0112. The number of phosphoric ester groups is 1. The van der Waals surface area contributed by atoms with E-state index in [2.05, 4.69) is 15.1 Å². The Bertz CT molecular complexity index is 1850. The van der Waals surface area contributed by atoms with E-state index in [1.165, 1.54) is 32.3 Å². The first-order chi connectivity index (χ1) is 20.5. The van der Waals surface area contributed by atoms with Crippen LogP contribution in [-0.2, 0) is 44.1 Å². The van der Waals surface area contributed by atoms with E-state index in [9.17, 15) is 27.8 Å². The summed E-state index contributed by atoms with van der Waals surface area (Å²) in [6.07, 6.45) is -0.546. The second-order valence-corrected chi connectivity index (χ2v) is 13.3. The lowest BCUT2D eigenvalue weighted by atomic mass is 9.93. The topological polar surface area (TPSA) is 139 Å². The number of imidazole rings is 1. The molecule has 1 aliphatic heterocycles. The highest BCUT2D eigenvalue weighted by molar-refractivity contribution is 7.48. The van der Waals surface area contributed by atoms with Crippen LogP contribution in [0.5, 0.6) is 0 Å². The summed E-state index contributed by atoms with van der Waals surface area (Å²) in [4.78, 5) is 22.5. The number of rotatable bonds is 8. The molecule has 0 aliphatic carbocycles. The number of phosphoric acid groups is 1. The molecule has 4 aromatic rings. The number of nitriles is 1. The molecule has 4 heterocycles. The average Bonchev–Trinajstić information content (AvgIpc) is 3.51. The highest BCUT2D eigenvalue weighted by Crippen LogP contribution is 2.61. The highest BCUT2D eigenvalue weighted by atomic mass is 31.2. The van der Waals surface area contributed by atoms with E-state index in [1.54, 1.807) is 33.8 Å². The zero-order valence-electron chi connectivity index (χ0n) is 24.8. The molecule has 0 radical (unpaired) electrons. The van der Waals surface area contributed by atoms with E-state index >= 15 is 0 Å². The Hall–Kier alpha value is -3.83. The fraction of sp³-hybridized carbons (Fsp3) is 0.464. The van der Waals surface area contributed by atoms with Crippen LogP contribution in [0.4, 0.5) is 13.2 Å². The van der Waals surface area contributed by atoms with Crippen molar-refractivity contribution in [3.8, 4) is 17.5 Å². The molecular formula is C28H31F3N7O5P. The Morgan fingerprint density at radius 1 is 1.14 bits per heavy atom. The molecule has 1 aromatic carbocycles. The summed E-state index contributed by atoms with van der Waals surface area (Å²) >= 11 is 0. The smallest absolute Gasteiger partial charge is 0.293 e. The van der Waals surface area contributed by atoms with Crippen molar-refractivity contribution in [3.63, 3.8) is 0 Å². The highest BCUT2D eigenvalue weighted by Gasteiger charge is 2.48. The van der Waals surface area contributed by atoms with E-state index in [0.717, 1.165) is 12.1 Å². The molecule has 12 nitrogen and oxygen atoms in total. The van der Waals surface area contributed by atoms with E-state index < -0.39 is 43.1 Å². The molecule has 44 heavy (non-hydrogen) atoms. The van der Waals surface area contributed by atoms with Gasteiger partial charge < -0.3 is 0 Å². The van der Waals surface area contributed by atoms with E-state index in [0.29, 0.717) is 24.0 Å². The first-order valence-electron chi connectivity index (χ1n) is 13.8. The molecule has 0 bridgehead atoms. The van der Waals surface area contributed by atoms with Crippen molar-refractivity contribution in [1.29, 1.82) is 5.26 Å². The first-order valence-corrected chi connectivity index (χ1v) is 15.3. The number of benzene rings is 1. The number of halogens is 3. The summed E-state index contributed by atoms with van der Waals surface area (Å²) < 4.78 is 74.6. The van der Waals surface area contributed by atoms with Crippen LogP contribution in [0.1, 0.15) is 64.4 Å². The Morgan fingerprint density at radius 2 is 1.84 bits per heavy atom. The Balaban J connectivity index is 1.57. The third kappa shape index (κ3) is 6.49. The number of aromatic nitrogens is 6. The fourth-order valence-corrected chi connectivity index (χ4v) is 7.21. The summed E-state index contributed by atoms with van der Waals surface area (Å²) in [7, 11) is -4.14. The molecule has 1 aliphatic rings. The van der Waals surface area contributed by atoms with Gasteiger partial charge in [-0.05, 0) is 51.8 Å². The maximum atomic E-state index is 13.7. The van der Waals surface area contributed by atoms with Crippen LogP contribution in [0.15, 0.2) is 41.5 Å². The molecule has 0 N–H and O–H groups in total. The van der Waals surface area contributed by atoms with Crippen LogP contribution < -0.4 is 5.56 Å². The number of fused-ring (bicyclic) bond motifs is 1. The van der Waals surface area contributed by atoms with Gasteiger partial charge in [0.25, 0.3) is 5.56 Å². The monoisotopic (exact) mass is 633 g/mol. The van der Waals surface area contributed by atoms with Crippen LogP contribution in [0, 0.1) is 11.3 Å². The van der Waals surface area contributed by atoms with Crippen molar-refractivity contribution in [2.45, 2.75) is 84.7 Å². The van der Waals surface area contributed by atoms with Gasteiger partial charge in [-0.3, -0.25) is 32.2 Å². The van der Waals surface area contributed by atoms with Gasteiger partial charge in [0.15, 0.2) is 11.2 Å². The number of alkyl halides is 3. The molecule has 0 unspecified atom stereocenters. The Morgan fingerprint density at radius 3 is 2.48 bits per heavy atom. The maximum absolute atomic E-state index is 13.7. The maximum Gasteiger partial charge on any atom is 0.477 e. The van der Waals surface area contributed by atoms with Crippen molar-refractivity contribution >= 4 is 19.0 Å². The lowest BCUT2D eigenvalue weighted by molar-refractivity contribution is -0.137. The lowest BCUT2D eigenvalue weighted by Gasteiger charge is -2.43. The van der Waals surface area contributed by atoms with Gasteiger partial charge in [-0.25, -0.2) is 9.55 Å². The van der Waals surface area contributed by atoms with Crippen molar-refractivity contribution < 1.29 is 31.3 Å². The third-order valence-corrected chi connectivity index (χ3v) is 8.68. The van der Waals surface area contributed by atoms with Crippen LogP contribution in [0.3, 0.4) is 0 Å². The van der Waals surface area contributed by atoms with E-state index in [1.807, 2.05) is 13.0 Å². The third-order valence-electron chi connectivity index (χ3n) is 6.82. The molecule has 1 saturated heterocycles. The van der Waals surface area contributed by atoms with Crippen LogP contribution in [0.2, 0.25) is 0 Å². The Kier molecular flexibility index (Phi) is 8.09. The summed E-state index contributed by atoms with van der Waals surface area (Å²) in [5, 5.41) is 13.9. The van der Waals surface area contributed by atoms with Crippen molar-refractivity contribution in [2.24, 2.45) is 0 Å². The Labute approximate surface area is 250 Å². The van der Waals surface area contributed by atoms with Gasteiger partial charge in [0.2, 0.25) is 5.82 Å². The molecular weight excluding hydrogens is 602 g/mol. The number of hydrogen-bond acceptors (Lipinski definition) is 9. The molecule has 0 amide bonds. The molecule has 5 rings (SSSR count). The summed E-state index contributed by atoms with van der Waals surface area (Å²) in [5.41, 5.74) is -2.34. The number of nitrogens with zero attached hydrogens (tertiary/aromatic N) is 7. The second kappa shape index (κ2) is 11.3. The van der Waals surface area contributed by atoms with Crippen LogP contribution in [0.25, 0.3) is 22.6 Å². The minimum atomic E-state index is -4.49. The zero-order valence-corrected chi connectivity index (χ0v) is 25.6. The van der Waals surface area contributed by atoms with Gasteiger partial charge in [-0.1, -0.05) is 19.1 Å². The minimum Gasteiger partial charge on any atom is -0.293 e. The van der Waals surface area contributed by atoms with Gasteiger partial charge in [0.05, 0.1) is 35.1 Å². The molecule has 16 heteroatoms. The summed E-state index contributed by atoms with van der Waals surface area (Å²) in [6, 6.07) is 6.82. The molecule has 234 valence electrons. The van der Waals surface area contributed by atoms with Gasteiger partial charge in [-0.15, -0.1) is 0 Å². The molecule has 0 spiro atoms. The second-order valence-electron chi connectivity index (χ2n) is 11.7. The van der Waals surface area contributed by atoms with Gasteiger partial charge in [-0.2, -0.15) is 28.5 Å². The van der Waals surface area contributed by atoms with Crippen LogP contribution in [-0.4, -0.2) is 40.1 Å². The van der Waals surface area contributed by atoms with Crippen molar-refractivity contribution in [3.05, 3.63) is 64.0 Å². The largest absolute Gasteiger partial charge is 0.477 e. The molecule has 1 fully saturated rings. The normalized spacial score (nSPS) is 17.5. The minimum absolute atomic E-state index is 0.0137. The van der Waals surface area contributed by atoms with E-state index in [-0.39, 0.29) is 35.9 Å². The van der Waals surface area contributed by atoms with E-state index in [4.69, 9.17) is 13.6 Å². The van der Waals surface area contributed by atoms with Gasteiger partial charge in [0, 0.05) is 19.2 Å². The fourth-order valence-electron chi connectivity index (χ4n) is 5.47. The van der Waals surface area contributed by atoms with Gasteiger partial charge >= 0.3 is 14.0 Å². The zero-order chi connectivity index (χ0) is 32.1. The molecule has 3 aromatic heterocycles. The standard InChI is InChI=1S/C28H31F3N7O5P/c1-6-10-37-21(12-32)34-23-22(25(37)39)38(17-41-44(40)42-26(2,3)16-27(4,5)43-44)24(35-23)19-13-33-36(15-19)14-18-8-7-9-20(11-18)28(29,30)31/h7-9,11,13,15H,6,10,14,16-17H2,1-5H3. The van der Waals surface area contributed by atoms with Crippen molar-refractivity contribution in [1.82, 2.24) is 28.9 Å². The van der Waals surface area contributed by atoms with Gasteiger partial charge in [0.1, 0.15) is 18.6 Å². The quantitative estimate of drug-likeness (QED) is 0.218. The van der Waals surface area contributed by atoms with Crippen LogP contribution >= 0.6 is 7.82 Å². The lowest BCUT2D eigenvalue weighted by Crippen LogP contribution is -2.41. The molecule has 0 atom stereocenters. The SMILES string of the molecule is CCCn1c(C#N)nc2nc(-c3cnn(Cc4cccc(C(F)(F)F)c4)c3)n(COP3(=O)OC(C)(C)CC(C)(C)O3)c2c1=O. The first kappa shape index (κ1) is 31.6. The molecule has 0 saturated carbocycles. The average molecular weight is 634 g/mol. The summed E-state index contributed by atoms with van der Waals surface area (Å²) in [6.45, 7) is 8.64.